The van der Waals surface area contributed by atoms with Gasteiger partial charge in [-0.1, -0.05) is 224 Å². The molecule has 0 saturated carbocycles. The minimum Gasteiger partial charge on any atom is -0.456 e. The van der Waals surface area contributed by atoms with Crippen molar-refractivity contribution in [2.24, 2.45) is 0 Å². The molecule has 0 amide bonds. The number of para-hydroxylation sites is 3. The third-order valence-corrected chi connectivity index (χ3v) is 20.0. The van der Waals surface area contributed by atoms with Crippen LogP contribution in [0.2, 0.25) is 0 Å². The molecular formula is C67H45NO2Si. The zero-order chi connectivity index (χ0) is 46.9. The average molecular weight is 924 g/mol. The van der Waals surface area contributed by atoms with Gasteiger partial charge in [0, 0.05) is 33.7 Å². The van der Waals surface area contributed by atoms with Crippen molar-refractivity contribution in [1.82, 2.24) is 0 Å². The van der Waals surface area contributed by atoms with Gasteiger partial charge in [0.15, 0.2) is 13.8 Å². The van der Waals surface area contributed by atoms with Gasteiger partial charge < -0.3 is 14.1 Å². The van der Waals surface area contributed by atoms with Crippen molar-refractivity contribution in [2.45, 2.75) is 5.41 Å². The minimum absolute atomic E-state index is 0.743. The van der Waals surface area contributed by atoms with Gasteiger partial charge in [-0.3, -0.25) is 0 Å². The molecule has 2 aliphatic heterocycles. The summed E-state index contributed by atoms with van der Waals surface area (Å²) >= 11 is 0. The number of hydrogen-bond donors (Lipinski definition) is 0. The highest BCUT2D eigenvalue weighted by atomic mass is 28.3. The van der Waals surface area contributed by atoms with Crippen LogP contribution in [0.1, 0.15) is 22.3 Å². The van der Waals surface area contributed by atoms with Crippen molar-refractivity contribution in [1.29, 1.82) is 0 Å². The maximum atomic E-state index is 7.45. The summed E-state index contributed by atoms with van der Waals surface area (Å²) in [6.07, 6.45) is 0. The third-order valence-electron chi connectivity index (χ3n) is 15.1. The van der Waals surface area contributed by atoms with Gasteiger partial charge in [0.2, 0.25) is 0 Å². The molecule has 71 heavy (non-hydrogen) atoms. The lowest BCUT2D eigenvalue weighted by molar-refractivity contribution is 0.436. The monoisotopic (exact) mass is 923 g/mol. The van der Waals surface area contributed by atoms with E-state index >= 15 is 0 Å². The Kier molecular flexibility index (Phi) is 9.45. The maximum Gasteiger partial charge on any atom is 0.180 e. The van der Waals surface area contributed by atoms with Gasteiger partial charge in [0.25, 0.3) is 0 Å². The molecule has 12 aromatic rings. The summed E-state index contributed by atoms with van der Waals surface area (Å²) in [6.45, 7) is 0. The standard InChI is InChI=1S/C67H45NO2Si/c1-4-21-46(22-5-1)52-27-10-11-28-53(52)47-39-41-48(42-40-47)68(49-43-44-55-54-29-12-16-35-61(54)69-63(55)45-49)60-34-20-33-59-66(60)70-62-36-17-13-30-56(62)67(59)57-31-14-18-37-64(57)71(50-23-6-2-7-24-50,51-25-8-3-9-26-51)65-38-19-15-32-58(65)67/h1-45H. The van der Waals surface area contributed by atoms with E-state index in [1.807, 2.05) is 12.1 Å². The molecule has 3 nitrogen and oxygen atoms in total. The first-order valence-corrected chi connectivity index (χ1v) is 26.4. The third kappa shape index (κ3) is 6.08. The summed E-state index contributed by atoms with van der Waals surface area (Å²) in [4.78, 5) is 2.35. The van der Waals surface area contributed by atoms with E-state index < -0.39 is 13.5 Å². The quantitative estimate of drug-likeness (QED) is 0.149. The molecule has 1 aromatic heterocycles. The van der Waals surface area contributed by atoms with E-state index in [0.717, 1.165) is 67.2 Å². The Balaban J connectivity index is 1.04. The van der Waals surface area contributed by atoms with Crippen LogP contribution >= 0.6 is 0 Å². The van der Waals surface area contributed by atoms with Crippen LogP contribution in [-0.4, -0.2) is 8.07 Å². The summed E-state index contributed by atoms with van der Waals surface area (Å²) in [5.74, 6) is 1.65. The average Bonchev–Trinajstić information content (AvgIpc) is 3.83. The van der Waals surface area contributed by atoms with E-state index in [-0.39, 0.29) is 0 Å². The molecule has 0 saturated heterocycles. The van der Waals surface area contributed by atoms with Crippen molar-refractivity contribution in [2.75, 3.05) is 4.90 Å². The fraction of sp³-hybridized carbons (Fsp3) is 0.0149. The van der Waals surface area contributed by atoms with Gasteiger partial charge in [-0.05, 0) is 96.6 Å². The van der Waals surface area contributed by atoms with Crippen LogP contribution < -0.4 is 30.4 Å². The molecule has 0 fully saturated rings. The predicted octanol–water partition coefficient (Wildman–Crippen LogP) is 14.6. The van der Waals surface area contributed by atoms with E-state index in [2.05, 4.69) is 266 Å². The Morgan fingerprint density at radius 3 is 1.54 bits per heavy atom. The topological polar surface area (TPSA) is 25.6 Å². The minimum atomic E-state index is -2.93. The molecule has 0 atom stereocenters. The normalized spacial score (nSPS) is 13.7. The lowest BCUT2D eigenvalue weighted by Gasteiger charge is -2.51. The molecule has 0 radical (unpaired) electrons. The Labute approximate surface area is 414 Å². The van der Waals surface area contributed by atoms with Crippen LogP contribution in [0.5, 0.6) is 11.5 Å². The molecular weight excluding hydrogens is 879 g/mol. The van der Waals surface area contributed by atoms with Crippen LogP contribution in [0.3, 0.4) is 0 Å². The van der Waals surface area contributed by atoms with E-state index in [0.29, 0.717) is 0 Å². The Morgan fingerprint density at radius 1 is 0.352 bits per heavy atom. The molecule has 11 aromatic carbocycles. The Morgan fingerprint density at radius 2 is 0.859 bits per heavy atom. The first-order chi connectivity index (χ1) is 35.2. The van der Waals surface area contributed by atoms with Gasteiger partial charge in [-0.2, -0.15) is 0 Å². The summed E-state index contributed by atoms with van der Waals surface area (Å²) in [7, 11) is -2.93. The van der Waals surface area contributed by atoms with E-state index in [4.69, 9.17) is 9.15 Å². The van der Waals surface area contributed by atoms with Gasteiger partial charge in [0.1, 0.15) is 16.9 Å². The molecule has 14 rings (SSSR count). The highest BCUT2D eigenvalue weighted by molar-refractivity contribution is 7.20. The molecule has 1 spiro atoms. The van der Waals surface area contributed by atoms with Crippen molar-refractivity contribution >= 4 is 67.8 Å². The Hall–Kier alpha value is -8.96. The number of hydrogen-bond acceptors (Lipinski definition) is 3. The summed E-state index contributed by atoms with van der Waals surface area (Å²) in [6, 6.07) is 99.8. The largest absolute Gasteiger partial charge is 0.456 e. The number of fused-ring (bicyclic) bond motifs is 11. The molecule has 4 heteroatoms. The predicted molar refractivity (Wildman–Crippen MR) is 295 cm³/mol. The van der Waals surface area contributed by atoms with Crippen molar-refractivity contribution in [3.05, 3.63) is 295 Å². The van der Waals surface area contributed by atoms with E-state index in [1.54, 1.807) is 0 Å². The van der Waals surface area contributed by atoms with Crippen LogP contribution in [-0.2, 0) is 5.41 Å². The van der Waals surface area contributed by atoms with Crippen molar-refractivity contribution < 1.29 is 9.15 Å². The smallest absolute Gasteiger partial charge is 0.180 e. The molecule has 0 unspecified atom stereocenters. The van der Waals surface area contributed by atoms with Crippen LogP contribution in [0, 0.1) is 0 Å². The second-order valence-corrected chi connectivity index (χ2v) is 22.4. The molecule has 2 aliphatic rings. The van der Waals surface area contributed by atoms with E-state index in [9.17, 15) is 0 Å². The van der Waals surface area contributed by atoms with Crippen LogP contribution in [0.15, 0.2) is 277 Å². The number of ether oxygens (including phenoxy) is 1. The first-order valence-electron chi connectivity index (χ1n) is 24.4. The van der Waals surface area contributed by atoms with Crippen LogP contribution in [0.4, 0.5) is 17.1 Å². The zero-order valence-corrected chi connectivity index (χ0v) is 39.7. The zero-order valence-electron chi connectivity index (χ0n) is 38.7. The molecule has 0 N–H and O–H groups in total. The lowest BCUT2D eigenvalue weighted by Crippen LogP contribution is -2.79. The van der Waals surface area contributed by atoms with Crippen molar-refractivity contribution in [3.8, 4) is 33.8 Å². The summed E-state index contributed by atoms with van der Waals surface area (Å²) in [5, 5.41) is 7.65. The highest BCUT2D eigenvalue weighted by Gasteiger charge is 2.57. The lowest BCUT2D eigenvalue weighted by atomic mass is 9.63. The Bertz CT molecular complexity index is 3890. The summed E-state index contributed by atoms with van der Waals surface area (Å²) < 4.78 is 14.1. The fourth-order valence-corrected chi connectivity index (χ4v) is 17.5. The second kappa shape index (κ2) is 16.3. The number of benzene rings is 11. The van der Waals surface area contributed by atoms with Gasteiger partial charge >= 0.3 is 0 Å². The number of nitrogens with zero attached hydrogens (tertiary/aromatic N) is 1. The van der Waals surface area contributed by atoms with Gasteiger partial charge in [-0.25, -0.2) is 0 Å². The first kappa shape index (κ1) is 41.0. The number of furan rings is 1. The number of anilines is 3. The van der Waals surface area contributed by atoms with Gasteiger partial charge in [0.05, 0.1) is 16.8 Å². The number of rotatable bonds is 7. The van der Waals surface area contributed by atoms with E-state index in [1.165, 1.54) is 48.6 Å². The maximum absolute atomic E-state index is 7.45. The fourth-order valence-electron chi connectivity index (χ4n) is 12.2. The summed E-state index contributed by atoms with van der Waals surface area (Å²) in [5.41, 5.74) is 13.3. The molecule has 0 bridgehead atoms. The van der Waals surface area contributed by atoms with Crippen molar-refractivity contribution in [3.63, 3.8) is 0 Å². The molecule has 3 heterocycles. The highest BCUT2D eigenvalue weighted by Crippen LogP contribution is 2.59. The molecule has 334 valence electrons. The second-order valence-electron chi connectivity index (χ2n) is 18.6. The molecule has 0 aliphatic carbocycles. The van der Waals surface area contributed by atoms with Gasteiger partial charge in [-0.15, -0.1) is 0 Å². The van der Waals surface area contributed by atoms with Crippen LogP contribution in [0.25, 0.3) is 44.2 Å². The SMILES string of the molecule is c1ccc(-c2ccccc2-c2ccc(N(c3ccc4c(c3)oc3ccccc34)c3cccc4c3Oc3ccccc3C43c4ccccc4[Si](c4ccccc4)(c4ccccc4)c4ccccc43)cc2)cc1.